The van der Waals surface area contributed by atoms with Gasteiger partial charge in [-0.1, -0.05) is 54.6 Å². The Morgan fingerprint density at radius 2 is 2.04 bits per heavy atom. The van der Waals surface area contributed by atoms with Crippen LogP contribution in [0.15, 0.2) is 59.6 Å². The van der Waals surface area contributed by atoms with E-state index in [0.717, 1.165) is 15.9 Å². The predicted molar refractivity (Wildman–Crippen MR) is 108 cm³/mol. The molecular weight excluding hydrogens is 368 g/mol. The highest BCUT2D eigenvalue weighted by atomic mass is 35.5. The van der Waals surface area contributed by atoms with Crippen LogP contribution in [-0.4, -0.2) is 23.3 Å². The van der Waals surface area contributed by atoms with Gasteiger partial charge in [-0.25, -0.2) is 4.98 Å². The average Bonchev–Trinajstić information content (AvgIpc) is 2.66. The zero-order valence-electron chi connectivity index (χ0n) is 14.5. The van der Waals surface area contributed by atoms with Crippen molar-refractivity contribution in [1.29, 1.82) is 0 Å². The van der Waals surface area contributed by atoms with E-state index >= 15 is 0 Å². The summed E-state index contributed by atoms with van der Waals surface area (Å²) in [6.07, 6.45) is 0.674. The van der Waals surface area contributed by atoms with Crippen LogP contribution in [0.25, 0.3) is 10.9 Å². The molecular formula is C20H19ClN2O2S. The van der Waals surface area contributed by atoms with Crippen molar-refractivity contribution < 1.29 is 9.53 Å². The molecule has 3 rings (SSSR count). The molecule has 0 saturated carbocycles. The lowest BCUT2D eigenvalue weighted by atomic mass is 10.2. The Morgan fingerprint density at radius 3 is 2.81 bits per heavy atom. The fraction of sp³-hybridized carbons (Fsp3) is 0.200. The molecule has 4 nitrogen and oxygen atoms in total. The topological polar surface area (TPSA) is 51.2 Å². The maximum absolute atomic E-state index is 12.7. The van der Waals surface area contributed by atoms with E-state index in [1.54, 1.807) is 25.3 Å². The quantitative estimate of drug-likeness (QED) is 0.576. The molecule has 0 spiro atoms. The highest BCUT2D eigenvalue weighted by Gasteiger charge is 2.20. The summed E-state index contributed by atoms with van der Waals surface area (Å²) in [5.41, 5.74) is 1.49. The second kappa shape index (κ2) is 8.43. The molecule has 1 aromatic heterocycles. The summed E-state index contributed by atoms with van der Waals surface area (Å²) in [5, 5.41) is 5.09. The van der Waals surface area contributed by atoms with E-state index < -0.39 is 0 Å². The third-order valence-electron chi connectivity index (χ3n) is 3.92. The van der Waals surface area contributed by atoms with Crippen LogP contribution in [0.4, 0.5) is 5.69 Å². The Morgan fingerprint density at radius 1 is 1.23 bits per heavy atom. The van der Waals surface area contributed by atoms with Gasteiger partial charge in [-0.2, -0.15) is 0 Å². The van der Waals surface area contributed by atoms with E-state index in [-0.39, 0.29) is 11.2 Å². The van der Waals surface area contributed by atoms with Gasteiger partial charge in [0, 0.05) is 10.4 Å². The monoisotopic (exact) mass is 386 g/mol. The number of carbonyl (C=O) groups is 1. The highest BCUT2D eigenvalue weighted by Crippen LogP contribution is 2.30. The summed E-state index contributed by atoms with van der Waals surface area (Å²) in [6.45, 7) is 1.98. The lowest BCUT2D eigenvalue weighted by Crippen LogP contribution is -2.25. The molecule has 6 heteroatoms. The number of thioether (sulfide) groups is 1. The lowest BCUT2D eigenvalue weighted by molar-refractivity contribution is -0.115. The number of carbonyl (C=O) groups excluding carboxylic acids is 1. The molecule has 0 fully saturated rings. The van der Waals surface area contributed by atoms with E-state index in [9.17, 15) is 4.79 Å². The Bertz CT molecular complexity index is 933. The minimum Gasteiger partial charge on any atom is -0.495 e. The second-order valence-corrected chi connectivity index (χ2v) is 7.35. The Kier molecular flexibility index (Phi) is 6.01. The highest BCUT2D eigenvalue weighted by molar-refractivity contribution is 8.00. The van der Waals surface area contributed by atoms with Crippen molar-refractivity contribution in [3.8, 4) is 5.75 Å². The van der Waals surface area contributed by atoms with Crippen LogP contribution in [0.5, 0.6) is 5.75 Å². The minimum absolute atomic E-state index is 0.104. The average molecular weight is 387 g/mol. The minimum atomic E-state index is -0.271. The number of ether oxygens (including phenoxy) is 1. The molecule has 2 aromatic carbocycles. The Hall–Kier alpha value is -2.24. The van der Waals surface area contributed by atoms with Crippen molar-refractivity contribution in [2.75, 3.05) is 12.4 Å². The van der Waals surface area contributed by atoms with Crippen LogP contribution in [0, 0.1) is 0 Å². The van der Waals surface area contributed by atoms with Gasteiger partial charge in [-0.05, 0) is 36.8 Å². The van der Waals surface area contributed by atoms with Gasteiger partial charge in [-0.3, -0.25) is 4.79 Å². The fourth-order valence-corrected chi connectivity index (χ4v) is 3.67. The Labute approximate surface area is 161 Å². The van der Waals surface area contributed by atoms with E-state index in [1.165, 1.54) is 11.8 Å². The van der Waals surface area contributed by atoms with Crippen molar-refractivity contribution in [1.82, 2.24) is 4.98 Å². The van der Waals surface area contributed by atoms with Crippen molar-refractivity contribution in [3.05, 3.63) is 59.6 Å². The first-order chi connectivity index (χ1) is 12.6. The number of methoxy groups -OCH3 is 1. The van der Waals surface area contributed by atoms with E-state index in [2.05, 4.69) is 10.3 Å². The molecule has 0 radical (unpaired) electrons. The van der Waals surface area contributed by atoms with Crippen LogP contribution >= 0.6 is 23.4 Å². The molecule has 3 aromatic rings. The third kappa shape index (κ3) is 4.29. The summed E-state index contributed by atoms with van der Waals surface area (Å²) in [5.74, 6) is 0.472. The third-order valence-corrected chi connectivity index (χ3v) is 5.45. The molecule has 1 heterocycles. The summed E-state index contributed by atoms with van der Waals surface area (Å²) in [6, 6.07) is 17.0. The summed E-state index contributed by atoms with van der Waals surface area (Å²) < 4.78 is 5.29. The molecule has 0 saturated heterocycles. The number of benzene rings is 2. The molecule has 26 heavy (non-hydrogen) atoms. The van der Waals surface area contributed by atoms with Gasteiger partial charge in [0.15, 0.2) is 0 Å². The number of hydrogen-bond acceptors (Lipinski definition) is 4. The number of halogens is 1. The molecule has 1 N–H and O–H groups in total. The van der Waals surface area contributed by atoms with Crippen LogP contribution < -0.4 is 10.1 Å². The maximum atomic E-state index is 12.7. The molecule has 0 bridgehead atoms. The van der Waals surface area contributed by atoms with Gasteiger partial charge in [0.05, 0.1) is 28.6 Å². The van der Waals surface area contributed by atoms with Crippen LogP contribution in [0.2, 0.25) is 5.02 Å². The van der Waals surface area contributed by atoms with Crippen LogP contribution in [0.1, 0.15) is 13.3 Å². The van der Waals surface area contributed by atoms with Crippen molar-refractivity contribution in [2.24, 2.45) is 0 Å². The summed E-state index contributed by atoms with van der Waals surface area (Å²) >= 11 is 7.49. The van der Waals surface area contributed by atoms with Gasteiger partial charge >= 0.3 is 0 Å². The number of nitrogens with one attached hydrogen (secondary N) is 1. The zero-order chi connectivity index (χ0) is 18.5. The normalized spacial score (nSPS) is 12.0. The number of fused-ring (bicyclic) bond motifs is 1. The Balaban J connectivity index is 1.77. The second-order valence-electron chi connectivity index (χ2n) is 5.69. The number of para-hydroxylation sites is 1. The molecule has 0 aliphatic carbocycles. The number of hydrogen-bond donors (Lipinski definition) is 1. The van der Waals surface area contributed by atoms with E-state index in [0.29, 0.717) is 22.9 Å². The first-order valence-electron chi connectivity index (χ1n) is 8.27. The predicted octanol–water partition coefficient (Wildman–Crippen LogP) is 5.41. The molecule has 134 valence electrons. The van der Waals surface area contributed by atoms with Crippen LogP contribution in [0.3, 0.4) is 0 Å². The number of aromatic nitrogens is 1. The largest absolute Gasteiger partial charge is 0.495 e. The van der Waals surface area contributed by atoms with Gasteiger partial charge < -0.3 is 10.1 Å². The molecule has 1 atom stereocenters. The number of nitrogens with zero attached hydrogens (tertiary/aromatic N) is 1. The number of amides is 1. The first kappa shape index (κ1) is 18.5. The first-order valence-corrected chi connectivity index (χ1v) is 9.53. The van der Waals surface area contributed by atoms with Crippen LogP contribution in [-0.2, 0) is 4.79 Å². The summed E-state index contributed by atoms with van der Waals surface area (Å²) in [7, 11) is 1.56. The van der Waals surface area contributed by atoms with Crippen molar-refractivity contribution >= 4 is 45.9 Å². The van der Waals surface area contributed by atoms with E-state index in [4.69, 9.17) is 16.3 Å². The maximum Gasteiger partial charge on any atom is 0.238 e. The van der Waals surface area contributed by atoms with Gasteiger partial charge in [0.1, 0.15) is 5.75 Å². The molecule has 0 aliphatic rings. The number of pyridine rings is 1. The molecule has 0 aliphatic heterocycles. The smallest absolute Gasteiger partial charge is 0.238 e. The molecule has 1 amide bonds. The zero-order valence-corrected chi connectivity index (χ0v) is 16.1. The lowest BCUT2D eigenvalue weighted by Gasteiger charge is -2.16. The van der Waals surface area contributed by atoms with Crippen molar-refractivity contribution in [2.45, 2.75) is 23.6 Å². The SMILES string of the molecule is CCC(Sc1ccc2ccccc2n1)C(=O)Nc1cc(Cl)ccc1OC. The fourth-order valence-electron chi connectivity index (χ4n) is 2.57. The van der Waals surface area contributed by atoms with Gasteiger partial charge in [0.25, 0.3) is 0 Å². The van der Waals surface area contributed by atoms with E-state index in [1.807, 2.05) is 43.3 Å². The van der Waals surface area contributed by atoms with Gasteiger partial charge in [0.2, 0.25) is 5.91 Å². The standard InChI is InChI=1S/C20H19ClN2O2S/c1-3-18(20(24)23-16-12-14(21)9-10-17(16)25-2)26-19-11-8-13-6-4-5-7-15(13)22-19/h4-12,18H,3H2,1-2H3,(H,23,24). The molecule has 1 unspecified atom stereocenters. The van der Waals surface area contributed by atoms with Gasteiger partial charge in [-0.15, -0.1) is 0 Å². The number of anilines is 1. The van der Waals surface area contributed by atoms with Crippen molar-refractivity contribution in [3.63, 3.8) is 0 Å². The summed E-state index contributed by atoms with van der Waals surface area (Å²) in [4.78, 5) is 17.4. The number of rotatable bonds is 6.